The van der Waals surface area contributed by atoms with Gasteiger partial charge in [-0.3, -0.25) is 4.79 Å². The van der Waals surface area contributed by atoms with E-state index < -0.39 is 47.0 Å². The molecule has 1 aliphatic carbocycles. The first-order valence-electron chi connectivity index (χ1n) is 11.4. The molecule has 3 N–H and O–H groups in total. The van der Waals surface area contributed by atoms with Crippen LogP contribution in [0.25, 0.3) is 5.57 Å². The number of aryl methyl sites for hydroxylation is 1. The average Bonchev–Trinajstić information content (AvgIpc) is 3.56. The molecule has 0 saturated heterocycles. The summed E-state index contributed by atoms with van der Waals surface area (Å²) >= 11 is 6.15. The van der Waals surface area contributed by atoms with E-state index in [2.05, 4.69) is 20.5 Å². The summed E-state index contributed by atoms with van der Waals surface area (Å²) in [5.41, 5.74) is -3.84. The second-order valence-electron chi connectivity index (χ2n) is 9.26. The quantitative estimate of drug-likeness (QED) is 0.222. The molecule has 3 rings (SSSR count). The molecule has 7 nitrogen and oxygen atoms in total. The van der Waals surface area contributed by atoms with E-state index in [9.17, 15) is 31.1 Å². The van der Waals surface area contributed by atoms with Crippen molar-refractivity contribution < 1.29 is 35.9 Å². The van der Waals surface area contributed by atoms with Crippen molar-refractivity contribution in [3.05, 3.63) is 46.2 Å². The number of amides is 1. The van der Waals surface area contributed by atoms with Crippen molar-refractivity contribution in [2.75, 3.05) is 5.32 Å². The number of rotatable bonds is 11. The summed E-state index contributed by atoms with van der Waals surface area (Å²) in [6, 6.07) is 4.40. The lowest BCUT2D eigenvalue weighted by molar-refractivity contribution is -0.173. The van der Waals surface area contributed by atoms with Gasteiger partial charge in [0.05, 0.1) is 10.6 Å². The standard InChI is InChI=1S/C24H26ClF6N5O2/c1-22(23(2,28)29,24(3,30)31)18-17(38-21(26)27)19(36(4)35-18)33-11-13(10-32)12-5-8-16(25)15(9-12)20(37)34-14-6-7-14/h5,8-11,14,21,32-33H,6-7H2,1-4H3,(H,34,37)/b13-11+,32-10?. The Kier molecular flexibility index (Phi) is 8.11. The Labute approximate surface area is 219 Å². The maximum atomic E-state index is 14.5. The molecule has 1 aliphatic rings. The fourth-order valence-corrected chi connectivity index (χ4v) is 3.92. The number of nitrogens with one attached hydrogen (secondary N) is 3. The first kappa shape index (κ1) is 29.3. The van der Waals surface area contributed by atoms with E-state index in [4.69, 9.17) is 17.0 Å². The zero-order valence-electron chi connectivity index (χ0n) is 20.8. The molecule has 1 amide bonds. The third-order valence-electron chi connectivity index (χ3n) is 6.42. The molecule has 0 aliphatic heterocycles. The Morgan fingerprint density at radius 2 is 1.82 bits per heavy atom. The third-order valence-corrected chi connectivity index (χ3v) is 6.75. The summed E-state index contributed by atoms with van der Waals surface area (Å²) < 4.78 is 90.0. The van der Waals surface area contributed by atoms with Crippen LogP contribution < -0.4 is 15.4 Å². The fraction of sp³-hybridized carbons (Fsp3) is 0.458. The van der Waals surface area contributed by atoms with E-state index in [0.29, 0.717) is 12.5 Å². The molecule has 0 bridgehead atoms. The second kappa shape index (κ2) is 10.5. The van der Waals surface area contributed by atoms with Crippen LogP contribution in [0.1, 0.15) is 55.2 Å². The summed E-state index contributed by atoms with van der Waals surface area (Å²) in [4.78, 5) is 12.5. The summed E-state index contributed by atoms with van der Waals surface area (Å²) in [5, 5.41) is 17.0. The predicted molar refractivity (Wildman–Crippen MR) is 131 cm³/mol. The number of alkyl halides is 6. The number of carbonyl (C=O) groups excluding carboxylic acids is 1. The minimum atomic E-state index is -4.10. The second-order valence-corrected chi connectivity index (χ2v) is 9.67. The normalized spacial score (nSPS) is 15.0. The molecule has 14 heteroatoms. The molecule has 0 atom stereocenters. The van der Waals surface area contributed by atoms with Crippen molar-refractivity contribution in [1.29, 1.82) is 5.41 Å². The SMILES string of the molecule is Cn1nc(C(C)(C(C)(F)F)C(C)(F)F)c(OC(F)F)c1N/C=C(\C=N)c1ccc(Cl)c(C(=O)NC2CC2)c1. The number of anilines is 1. The van der Waals surface area contributed by atoms with E-state index in [1.807, 2.05) is 0 Å². The number of hydrogen-bond acceptors (Lipinski definition) is 5. The van der Waals surface area contributed by atoms with Gasteiger partial charge in [-0.2, -0.15) is 13.9 Å². The predicted octanol–water partition coefficient (Wildman–Crippen LogP) is 6.24. The number of benzene rings is 1. The molecule has 0 spiro atoms. The molecule has 1 heterocycles. The largest absolute Gasteiger partial charge is 0.429 e. The Balaban J connectivity index is 2.07. The number of hydrogen-bond donors (Lipinski definition) is 3. The van der Waals surface area contributed by atoms with Gasteiger partial charge in [0.15, 0.2) is 11.6 Å². The molecule has 2 aromatic rings. The van der Waals surface area contributed by atoms with Crippen LogP contribution >= 0.6 is 11.6 Å². The fourth-order valence-electron chi connectivity index (χ4n) is 3.72. The van der Waals surface area contributed by atoms with Gasteiger partial charge in [-0.1, -0.05) is 17.7 Å². The van der Waals surface area contributed by atoms with Crippen molar-refractivity contribution in [2.45, 2.75) is 63.5 Å². The van der Waals surface area contributed by atoms with Gasteiger partial charge in [0.2, 0.25) is 0 Å². The highest BCUT2D eigenvalue weighted by molar-refractivity contribution is 6.34. The van der Waals surface area contributed by atoms with Crippen molar-refractivity contribution in [2.24, 2.45) is 7.05 Å². The first-order valence-corrected chi connectivity index (χ1v) is 11.7. The lowest BCUT2D eigenvalue weighted by Crippen LogP contribution is -2.53. The van der Waals surface area contributed by atoms with Crippen molar-refractivity contribution in [3.63, 3.8) is 0 Å². The lowest BCUT2D eigenvalue weighted by atomic mass is 9.75. The van der Waals surface area contributed by atoms with E-state index in [-0.39, 0.29) is 36.0 Å². The molecule has 0 unspecified atom stereocenters. The maximum absolute atomic E-state index is 14.5. The van der Waals surface area contributed by atoms with Gasteiger partial charge < -0.3 is 20.8 Å². The molecule has 38 heavy (non-hydrogen) atoms. The van der Waals surface area contributed by atoms with Crippen molar-refractivity contribution in [1.82, 2.24) is 15.1 Å². The van der Waals surface area contributed by atoms with E-state index in [0.717, 1.165) is 37.0 Å². The minimum absolute atomic E-state index is 0.0608. The van der Waals surface area contributed by atoms with E-state index in [1.165, 1.54) is 18.2 Å². The van der Waals surface area contributed by atoms with Crippen LogP contribution in [-0.2, 0) is 12.5 Å². The molecule has 0 radical (unpaired) electrons. The highest BCUT2D eigenvalue weighted by atomic mass is 35.5. The summed E-state index contributed by atoms with van der Waals surface area (Å²) in [6.45, 7) is -2.56. The van der Waals surface area contributed by atoms with Gasteiger partial charge in [0.1, 0.15) is 11.1 Å². The Morgan fingerprint density at radius 3 is 2.32 bits per heavy atom. The number of halogens is 7. The highest BCUT2D eigenvalue weighted by Gasteiger charge is 2.64. The first-order chi connectivity index (χ1) is 17.5. The minimum Gasteiger partial charge on any atom is -0.429 e. The van der Waals surface area contributed by atoms with Crippen LogP contribution in [0.3, 0.4) is 0 Å². The van der Waals surface area contributed by atoms with Gasteiger partial charge in [-0.15, -0.1) is 0 Å². The topological polar surface area (TPSA) is 92.0 Å². The van der Waals surface area contributed by atoms with Crippen LogP contribution in [-0.4, -0.2) is 46.4 Å². The number of aromatic nitrogens is 2. The monoisotopic (exact) mass is 565 g/mol. The smallest absolute Gasteiger partial charge is 0.387 e. The Bertz CT molecular complexity index is 1230. The maximum Gasteiger partial charge on any atom is 0.387 e. The van der Waals surface area contributed by atoms with Crippen LogP contribution in [0, 0.1) is 5.41 Å². The summed E-state index contributed by atoms with van der Waals surface area (Å²) in [7, 11) is 1.16. The van der Waals surface area contributed by atoms with Gasteiger partial charge in [-0.05, 0) is 37.5 Å². The number of carbonyl (C=O) groups is 1. The molecular formula is C24H26ClF6N5O2. The number of nitrogens with zero attached hydrogens (tertiary/aromatic N) is 2. The van der Waals surface area contributed by atoms with E-state index in [1.54, 1.807) is 0 Å². The van der Waals surface area contributed by atoms with Gasteiger partial charge >= 0.3 is 6.61 Å². The van der Waals surface area contributed by atoms with Crippen LogP contribution in [0.15, 0.2) is 24.4 Å². The van der Waals surface area contributed by atoms with Crippen molar-refractivity contribution in [3.8, 4) is 5.75 Å². The lowest BCUT2D eigenvalue weighted by Gasteiger charge is -2.38. The van der Waals surface area contributed by atoms with Crippen LogP contribution in [0.2, 0.25) is 5.02 Å². The van der Waals surface area contributed by atoms with Gasteiger partial charge in [-0.25, -0.2) is 22.2 Å². The highest BCUT2D eigenvalue weighted by Crippen LogP contribution is 2.53. The molecule has 1 saturated carbocycles. The van der Waals surface area contributed by atoms with Crippen LogP contribution in [0.4, 0.5) is 32.2 Å². The molecular weight excluding hydrogens is 540 g/mol. The van der Waals surface area contributed by atoms with Gasteiger partial charge in [0.25, 0.3) is 17.8 Å². The Morgan fingerprint density at radius 1 is 1.21 bits per heavy atom. The molecule has 208 valence electrons. The zero-order valence-corrected chi connectivity index (χ0v) is 21.6. The van der Waals surface area contributed by atoms with Crippen LogP contribution in [0.5, 0.6) is 5.75 Å². The third kappa shape index (κ3) is 5.77. The van der Waals surface area contributed by atoms with Gasteiger partial charge in [0, 0.05) is 44.9 Å². The average molecular weight is 566 g/mol. The molecule has 1 fully saturated rings. The number of allylic oxidation sites excluding steroid dienone is 1. The molecule has 1 aromatic carbocycles. The molecule has 1 aromatic heterocycles. The number of ether oxygens (including phenoxy) is 1. The Hall–Kier alpha value is -3.22. The zero-order chi connectivity index (χ0) is 28.6. The van der Waals surface area contributed by atoms with E-state index >= 15 is 0 Å². The summed E-state index contributed by atoms with van der Waals surface area (Å²) in [5.74, 6) is -10.1. The summed E-state index contributed by atoms with van der Waals surface area (Å²) in [6.07, 6.45) is 3.69. The van der Waals surface area contributed by atoms with Crippen molar-refractivity contribution >= 4 is 35.1 Å².